The number of ether oxygens (including phenoxy) is 1. The van der Waals surface area contributed by atoms with Crippen molar-refractivity contribution < 1.29 is 4.74 Å². The van der Waals surface area contributed by atoms with Crippen LogP contribution in [0.3, 0.4) is 0 Å². The van der Waals surface area contributed by atoms with Gasteiger partial charge in [-0.05, 0) is 103 Å². The molecule has 1 aliphatic heterocycles. The van der Waals surface area contributed by atoms with Crippen molar-refractivity contribution in [2.75, 3.05) is 0 Å². The molecule has 4 fully saturated rings. The van der Waals surface area contributed by atoms with E-state index in [1.54, 1.807) is 11.1 Å². The predicted molar refractivity (Wildman–Crippen MR) is 125 cm³/mol. The average Bonchev–Trinajstić information content (AvgIpc) is 3.09. The maximum absolute atomic E-state index is 6.47. The third kappa shape index (κ3) is 2.02. The Labute approximate surface area is 188 Å². The third-order valence-corrected chi connectivity index (χ3v) is 10.4. The van der Waals surface area contributed by atoms with Crippen molar-refractivity contribution in [2.45, 2.75) is 54.2 Å². The second kappa shape index (κ2) is 5.78. The molecule has 0 saturated heterocycles. The number of rotatable bonds is 0. The molecule has 5 aliphatic carbocycles. The molecule has 4 saturated carbocycles. The van der Waals surface area contributed by atoms with Crippen LogP contribution >= 0.6 is 11.8 Å². The molecule has 1 spiro atoms. The van der Waals surface area contributed by atoms with Crippen LogP contribution in [0, 0.1) is 30.6 Å². The minimum Gasteiger partial charge on any atom is -0.455 e. The number of aryl methyl sites for hydroxylation is 1. The molecule has 6 aliphatic rings. The lowest BCUT2D eigenvalue weighted by atomic mass is 9.43. The van der Waals surface area contributed by atoms with E-state index in [9.17, 15) is 0 Å². The number of benzene rings is 3. The normalized spacial score (nSPS) is 32.9. The summed E-state index contributed by atoms with van der Waals surface area (Å²) in [6.07, 6.45) is 7.24. The van der Waals surface area contributed by atoms with Gasteiger partial charge in [0.25, 0.3) is 0 Å². The van der Waals surface area contributed by atoms with Crippen molar-refractivity contribution in [3.8, 4) is 22.6 Å². The Hall–Kier alpha value is -2.19. The molecular formula is C29H26OS. The first-order valence-corrected chi connectivity index (χ1v) is 12.8. The summed E-state index contributed by atoms with van der Waals surface area (Å²) in [7, 11) is 0. The van der Waals surface area contributed by atoms with Crippen LogP contribution < -0.4 is 4.74 Å². The Morgan fingerprint density at radius 3 is 2.35 bits per heavy atom. The highest BCUT2D eigenvalue weighted by atomic mass is 32.2. The van der Waals surface area contributed by atoms with Crippen LogP contribution in [0.25, 0.3) is 11.1 Å². The van der Waals surface area contributed by atoms with Gasteiger partial charge >= 0.3 is 0 Å². The standard InChI is InChI=1S/C29H26OS/c1-16-10-24-28(31-25-9-5-4-8-23(25)30-24)26-21-6-2-3-7-22(21)29(27(16)26)19-12-17-11-18(14-19)15-20(29)13-17/h2-10,17-20H,11-15H2,1H3. The van der Waals surface area contributed by atoms with Gasteiger partial charge in [-0.15, -0.1) is 0 Å². The van der Waals surface area contributed by atoms with Gasteiger partial charge in [-0.2, -0.15) is 0 Å². The first-order valence-electron chi connectivity index (χ1n) is 12.0. The number of hydrogen-bond donors (Lipinski definition) is 0. The topological polar surface area (TPSA) is 9.23 Å². The first kappa shape index (κ1) is 17.4. The molecule has 0 unspecified atom stereocenters. The van der Waals surface area contributed by atoms with Crippen molar-refractivity contribution >= 4 is 11.8 Å². The zero-order valence-corrected chi connectivity index (χ0v) is 18.7. The quantitative estimate of drug-likeness (QED) is 0.284. The zero-order chi connectivity index (χ0) is 20.3. The molecule has 31 heavy (non-hydrogen) atoms. The lowest BCUT2D eigenvalue weighted by molar-refractivity contribution is -0.0402. The van der Waals surface area contributed by atoms with Crippen LogP contribution in [0.4, 0.5) is 0 Å². The number of para-hydroxylation sites is 1. The molecule has 0 radical (unpaired) electrons. The van der Waals surface area contributed by atoms with E-state index >= 15 is 0 Å². The van der Waals surface area contributed by atoms with Gasteiger partial charge in [0.1, 0.15) is 11.5 Å². The highest BCUT2D eigenvalue weighted by Crippen LogP contribution is 2.71. The summed E-state index contributed by atoms with van der Waals surface area (Å²) in [6.45, 7) is 2.35. The lowest BCUT2D eigenvalue weighted by Gasteiger charge is -2.61. The van der Waals surface area contributed by atoms with Crippen LogP contribution in [0.5, 0.6) is 11.5 Å². The second-order valence-electron chi connectivity index (χ2n) is 10.6. The molecule has 1 heterocycles. The smallest absolute Gasteiger partial charge is 0.142 e. The fraction of sp³-hybridized carbons (Fsp3) is 0.379. The SMILES string of the molecule is Cc1cc2c(c3c1C1(c4ccccc4-3)C3CC4CC(C3)CC1C4)Sc1ccccc1O2. The zero-order valence-electron chi connectivity index (χ0n) is 17.9. The van der Waals surface area contributed by atoms with Gasteiger partial charge in [-0.1, -0.05) is 48.2 Å². The van der Waals surface area contributed by atoms with Gasteiger partial charge in [0.05, 0.1) is 9.79 Å². The molecule has 2 heteroatoms. The van der Waals surface area contributed by atoms with Crippen molar-refractivity contribution in [1.29, 1.82) is 0 Å². The number of fused-ring (bicyclic) bond motifs is 6. The van der Waals surface area contributed by atoms with Crippen molar-refractivity contribution in [3.63, 3.8) is 0 Å². The Morgan fingerprint density at radius 1 is 0.839 bits per heavy atom. The largest absolute Gasteiger partial charge is 0.455 e. The Morgan fingerprint density at radius 2 is 1.55 bits per heavy atom. The Balaban J connectivity index is 1.44. The monoisotopic (exact) mass is 422 g/mol. The minimum absolute atomic E-state index is 0.232. The van der Waals surface area contributed by atoms with E-state index in [4.69, 9.17) is 4.74 Å². The molecule has 0 N–H and O–H groups in total. The molecule has 4 bridgehead atoms. The summed E-state index contributed by atoms with van der Waals surface area (Å²) < 4.78 is 6.47. The average molecular weight is 423 g/mol. The molecule has 0 atom stereocenters. The van der Waals surface area contributed by atoms with Crippen molar-refractivity contribution in [2.24, 2.45) is 23.7 Å². The van der Waals surface area contributed by atoms with Crippen LogP contribution in [0.2, 0.25) is 0 Å². The summed E-state index contributed by atoms with van der Waals surface area (Å²) in [5.41, 5.74) is 7.96. The molecular weight excluding hydrogens is 396 g/mol. The van der Waals surface area contributed by atoms with Gasteiger partial charge < -0.3 is 4.74 Å². The Kier molecular flexibility index (Phi) is 3.24. The predicted octanol–water partition coefficient (Wildman–Crippen LogP) is 7.97. The van der Waals surface area contributed by atoms with Gasteiger partial charge in [0.15, 0.2) is 0 Å². The van der Waals surface area contributed by atoms with E-state index in [1.807, 2.05) is 11.8 Å². The summed E-state index contributed by atoms with van der Waals surface area (Å²) in [5, 5.41) is 0. The van der Waals surface area contributed by atoms with Crippen LogP contribution in [-0.4, -0.2) is 0 Å². The van der Waals surface area contributed by atoms with E-state index in [0.29, 0.717) is 0 Å². The molecule has 9 rings (SSSR count). The summed E-state index contributed by atoms with van der Waals surface area (Å²) in [4.78, 5) is 2.59. The Bertz CT molecular complexity index is 1240. The van der Waals surface area contributed by atoms with Gasteiger partial charge in [-0.25, -0.2) is 0 Å². The molecule has 0 aromatic heterocycles. The van der Waals surface area contributed by atoms with Crippen molar-refractivity contribution in [1.82, 2.24) is 0 Å². The first-order chi connectivity index (χ1) is 15.2. The van der Waals surface area contributed by atoms with Gasteiger partial charge in [-0.3, -0.25) is 0 Å². The highest BCUT2D eigenvalue weighted by molar-refractivity contribution is 7.99. The molecule has 3 aromatic rings. The van der Waals surface area contributed by atoms with E-state index in [0.717, 1.165) is 35.2 Å². The minimum atomic E-state index is 0.232. The van der Waals surface area contributed by atoms with E-state index in [1.165, 1.54) is 58.6 Å². The maximum atomic E-state index is 6.47. The molecule has 0 amide bonds. The lowest BCUT2D eigenvalue weighted by Crippen LogP contribution is -2.55. The highest BCUT2D eigenvalue weighted by Gasteiger charge is 2.62. The summed E-state index contributed by atoms with van der Waals surface area (Å²) in [6, 6.07) is 20.3. The maximum Gasteiger partial charge on any atom is 0.142 e. The second-order valence-corrected chi connectivity index (χ2v) is 11.7. The van der Waals surface area contributed by atoms with Gasteiger partial charge in [0, 0.05) is 11.0 Å². The summed E-state index contributed by atoms with van der Waals surface area (Å²) >= 11 is 1.92. The van der Waals surface area contributed by atoms with Crippen LogP contribution in [-0.2, 0) is 5.41 Å². The van der Waals surface area contributed by atoms with E-state index < -0.39 is 0 Å². The fourth-order valence-corrected chi connectivity index (χ4v) is 9.65. The van der Waals surface area contributed by atoms with E-state index in [-0.39, 0.29) is 5.41 Å². The third-order valence-electron chi connectivity index (χ3n) is 9.21. The molecule has 1 nitrogen and oxygen atoms in total. The summed E-state index contributed by atoms with van der Waals surface area (Å²) in [5.74, 6) is 5.62. The van der Waals surface area contributed by atoms with Crippen LogP contribution in [0.15, 0.2) is 64.4 Å². The van der Waals surface area contributed by atoms with Gasteiger partial charge in [0.2, 0.25) is 0 Å². The fourth-order valence-electron chi connectivity index (χ4n) is 8.55. The molecule has 3 aromatic carbocycles. The number of hydrogen-bond acceptors (Lipinski definition) is 2. The van der Waals surface area contributed by atoms with E-state index in [2.05, 4.69) is 61.5 Å². The van der Waals surface area contributed by atoms with Crippen LogP contribution in [0.1, 0.15) is 48.8 Å². The molecule has 154 valence electrons. The van der Waals surface area contributed by atoms with Crippen molar-refractivity contribution in [3.05, 3.63) is 71.3 Å².